The van der Waals surface area contributed by atoms with Crippen LogP contribution in [0, 0.1) is 11.3 Å². The van der Waals surface area contributed by atoms with Gasteiger partial charge in [0.2, 0.25) is 10.0 Å². The summed E-state index contributed by atoms with van der Waals surface area (Å²) in [6.07, 6.45) is 1.71. The number of ether oxygens (including phenoxy) is 1. The summed E-state index contributed by atoms with van der Waals surface area (Å²) in [4.78, 5) is 17.2. The highest BCUT2D eigenvalue weighted by molar-refractivity contribution is 7.89. The summed E-state index contributed by atoms with van der Waals surface area (Å²) in [6, 6.07) is 14.9. The third kappa shape index (κ3) is 5.29. The van der Waals surface area contributed by atoms with Gasteiger partial charge in [-0.15, -0.1) is 11.3 Å². The van der Waals surface area contributed by atoms with E-state index in [1.807, 2.05) is 5.38 Å². The maximum atomic E-state index is 12.8. The summed E-state index contributed by atoms with van der Waals surface area (Å²) >= 11 is 1.28. The summed E-state index contributed by atoms with van der Waals surface area (Å²) in [7, 11) is -2.14. The number of amides is 1. The highest BCUT2D eigenvalue weighted by atomic mass is 32.2. The number of carbonyl (C=O) groups is 1. The van der Waals surface area contributed by atoms with Crippen molar-refractivity contribution in [3.8, 4) is 17.3 Å². The van der Waals surface area contributed by atoms with Gasteiger partial charge in [-0.05, 0) is 49.2 Å². The lowest BCUT2D eigenvalue weighted by molar-refractivity contribution is 0.0979. The normalized spacial score (nSPS) is 16.0. The van der Waals surface area contributed by atoms with Crippen LogP contribution in [0.25, 0.3) is 11.3 Å². The number of nitrogens with zero attached hydrogens (tertiary/aromatic N) is 3. The van der Waals surface area contributed by atoms with Crippen molar-refractivity contribution in [3.63, 3.8) is 0 Å². The van der Waals surface area contributed by atoms with Gasteiger partial charge in [0.25, 0.3) is 5.91 Å². The Kier molecular flexibility index (Phi) is 6.85. The van der Waals surface area contributed by atoms with Crippen LogP contribution >= 0.6 is 11.3 Å². The van der Waals surface area contributed by atoms with Gasteiger partial charge in [0, 0.05) is 36.7 Å². The van der Waals surface area contributed by atoms with E-state index in [1.54, 1.807) is 24.3 Å². The quantitative estimate of drug-likeness (QED) is 0.549. The Balaban J connectivity index is 1.41. The zero-order valence-corrected chi connectivity index (χ0v) is 19.5. The second kappa shape index (κ2) is 9.80. The number of sulfonamides is 1. The molecule has 0 spiro atoms. The Morgan fingerprint density at radius 1 is 1.24 bits per heavy atom. The molecule has 1 fully saturated rings. The van der Waals surface area contributed by atoms with Crippen molar-refractivity contribution in [2.45, 2.75) is 23.8 Å². The topological polar surface area (TPSA) is 112 Å². The minimum absolute atomic E-state index is 0.0812. The van der Waals surface area contributed by atoms with Gasteiger partial charge in [-0.1, -0.05) is 12.1 Å². The van der Waals surface area contributed by atoms with Gasteiger partial charge < -0.3 is 4.74 Å². The summed E-state index contributed by atoms with van der Waals surface area (Å²) < 4.78 is 32.4. The first-order valence-electron chi connectivity index (χ1n) is 10.3. The first-order valence-corrected chi connectivity index (χ1v) is 12.6. The fourth-order valence-corrected chi connectivity index (χ4v) is 5.40. The molecule has 0 bridgehead atoms. The molecule has 2 aromatic carbocycles. The molecule has 0 saturated carbocycles. The van der Waals surface area contributed by atoms with E-state index in [-0.39, 0.29) is 16.9 Å². The molecule has 1 atom stereocenters. The average molecular weight is 483 g/mol. The summed E-state index contributed by atoms with van der Waals surface area (Å²) in [6.45, 7) is 0.965. The van der Waals surface area contributed by atoms with Crippen molar-refractivity contribution in [1.29, 1.82) is 5.26 Å². The molecule has 1 aliphatic rings. The number of aromatic nitrogens is 1. The number of hydrogen-bond acceptors (Lipinski definition) is 7. The lowest BCUT2D eigenvalue weighted by Gasteiger charge is -2.20. The van der Waals surface area contributed by atoms with Gasteiger partial charge >= 0.3 is 0 Å². The predicted molar refractivity (Wildman–Crippen MR) is 125 cm³/mol. The van der Waals surface area contributed by atoms with Gasteiger partial charge in [-0.3, -0.25) is 10.1 Å². The number of nitriles is 1. The first-order chi connectivity index (χ1) is 15.9. The number of nitrogens with one attached hydrogen (secondary N) is 1. The first kappa shape index (κ1) is 23.1. The van der Waals surface area contributed by atoms with Crippen LogP contribution in [0.5, 0.6) is 0 Å². The molecule has 4 rings (SSSR count). The number of carbonyl (C=O) groups excluding carboxylic acids is 1. The molecular weight excluding hydrogens is 460 g/mol. The smallest absolute Gasteiger partial charge is 0.257 e. The Morgan fingerprint density at radius 2 is 1.97 bits per heavy atom. The zero-order chi connectivity index (χ0) is 23.4. The number of rotatable bonds is 7. The van der Waals surface area contributed by atoms with E-state index in [9.17, 15) is 13.2 Å². The van der Waals surface area contributed by atoms with Crippen LogP contribution in [-0.4, -0.2) is 49.9 Å². The highest BCUT2D eigenvalue weighted by Gasteiger charge is 2.26. The molecular formula is C23H22N4O4S2. The van der Waals surface area contributed by atoms with Crippen molar-refractivity contribution in [2.75, 3.05) is 25.5 Å². The van der Waals surface area contributed by atoms with Gasteiger partial charge in [0.15, 0.2) is 5.13 Å². The van der Waals surface area contributed by atoms with Gasteiger partial charge in [0.05, 0.1) is 28.3 Å². The molecule has 1 aromatic heterocycles. The van der Waals surface area contributed by atoms with Gasteiger partial charge in [0.1, 0.15) is 0 Å². The lowest BCUT2D eigenvalue weighted by Crippen LogP contribution is -2.34. The van der Waals surface area contributed by atoms with E-state index in [4.69, 9.17) is 10.00 Å². The molecule has 1 saturated heterocycles. The van der Waals surface area contributed by atoms with E-state index < -0.39 is 10.0 Å². The SMILES string of the molecule is CN(CC1CCCO1)S(=O)(=O)c1ccc(C(=O)Nc2nc(-c3ccc(C#N)cc3)cs2)cc1. The maximum Gasteiger partial charge on any atom is 0.257 e. The maximum absolute atomic E-state index is 12.8. The molecule has 0 aliphatic carbocycles. The Morgan fingerprint density at radius 3 is 2.61 bits per heavy atom. The fourth-order valence-electron chi connectivity index (χ4n) is 3.48. The van der Waals surface area contributed by atoms with E-state index >= 15 is 0 Å². The molecule has 2 heterocycles. The van der Waals surface area contributed by atoms with E-state index in [0.717, 1.165) is 18.4 Å². The molecule has 10 heteroatoms. The van der Waals surface area contributed by atoms with Crippen molar-refractivity contribution in [2.24, 2.45) is 0 Å². The van der Waals surface area contributed by atoms with Crippen LogP contribution in [0.2, 0.25) is 0 Å². The van der Waals surface area contributed by atoms with Crippen molar-refractivity contribution in [3.05, 3.63) is 65.0 Å². The Labute approximate surface area is 196 Å². The van der Waals surface area contributed by atoms with Gasteiger partial charge in [-0.2, -0.15) is 9.57 Å². The molecule has 33 heavy (non-hydrogen) atoms. The zero-order valence-electron chi connectivity index (χ0n) is 17.9. The molecule has 0 radical (unpaired) electrons. The van der Waals surface area contributed by atoms with Crippen molar-refractivity contribution < 1.29 is 17.9 Å². The standard InChI is InChI=1S/C23H22N4O4S2/c1-27(14-19-3-2-12-31-19)33(29,30)20-10-8-18(9-11-20)22(28)26-23-25-21(15-32-23)17-6-4-16(13-24)5-7-17/h4-11,15,19H,2-3,12,14H2,1H3,(H,25,26,28). The van der Waals surface area contributed by atoms with Crippen LogP contribution < -0.4 is 5.32 Å². The predicted octanol–water partition coefficient (Wildman–Crippen LogP) is 3.73. The van der Waals surface area contributed by atoms with Gasteiger partial charge in [-0.25, -0.2) is 13.4 Å². The molecule has 8 nitrogen and oxygen atoms in total. The summed E-state index contributed by atoms with van der Waals surface area (Å²) in [5, 5.41) is 13.9. The second-order valence-electron chi connectivity index (χ2n) is 7.63. The minimum atomic E-state index is -3.67. The molecule has 1 N–H and O–H groups in total. The van der Waals surface area contributed by atoms with Crippen LogP contribution in [0.15, 0.2) is 58.8 Å². The lowest BCUT2D eigenvalue weighted by atomic mass is 10.1. The molecule has 1 amide bonds. The van der Waals surface area contributed by atoms with E-state index in [0.29, 0.717) is 35.1 Å². The third-order valence-corrected chi connectivity index (χ3v) is 7.94. The molecule has 1 aliphatic heterocycles. The van der Waals surface area contributed by atoms with E-state index in [2.05, 4.69) is 16.4 Å². The third-order valence-electron chi connectivity index (χ3n) is 5.34. The summed E-state index contributed by atoms with van der Waals surface area (Å²) in [5.74, 6) is -0.382. The number of hydrogen-bond donors (Lipinski definition) is 1. The second-order valence-corrected chi connectivity index (χ2v) is 10.5. The number of anilines is 1. The monoisotopic (exact) mass is 482 g/mol. The summed E-state index contributed by atoms with van der Waals surface area (Å²) in [5.41, 5.74) is 2.42. The largest absolute Gasteiger partial charge is 0.377 e. The molecule has 3 aromatic rings. The van der Waals surface area contributed by atoms with Crippen LogP contribution in [0.1, 0.15) is 28.8 Å². The highest BCUT2D eigenvalue weighted by Crippen LogP contribution is 2.26. The van der Waals surface area contributed by atoms with Crippen LogP contribution in [0.3, 0.4) is 0 Å². The van der Waals surface area contributed by atoms with Crippen LogP contribution in [-0.2, 0) is 14.8 Å². The number of thiazole rings is 1. The number of likely N-dealkylation sites (N-methyl/N-ethyl adjacent to an activating group) is 1. The van der Waals surface area contributed by atoms with Crippen molar-refractivity contribution in [1.82, 2.24) is 9.29 Å². The molecule has 1 unspecified atom stereocenters. The van der Waals surface area contributed by atoms with Crippen LogP contribution in [0.4, 0.5) is 5.13 Å². The Bertz CT molecular complexity index is 1270. The van der Waals surface area contributed by atoms with E-state index in [1.165, 1.54) is 47.0 Å². The minimum Gasteiger partial charge on any atom is -0.377 e. The number of benzene rings is 2. The Hall–Kier alpha value is -3.10. The van der Waals surface area contributed by atoms with Crippen molar-refractivity contribution >= 4 is 32.4 Å². The average Bonchev–Trinajstić information content (AvgIpc) is 3.51. The fraction of sp³-hybridized carbons (Fsp3) is 0.261. The molecule has 170 valence electrons.